The Balaban J connectivity index is -0.00000264. The van der Waals surface area contributed by atoms with Crippen molar-refractivity contribution in [3.05, 3.63) is 0 Å². The molecule has 0 radical (unpaired) electrons. The number of rotatable bonds is 20. The van der Waals surface area contributed by atoms with E-state index in [4.69, 9.17) is 5.11 Å². The summed E-state index contributed by atoms with van der Waals surface area (Å²) in [7, 11) is 0. The van der Waals surface area contributed by atoms with Crippen molar-refractivity contribution >= 4 is 5.97 Å². The third kappa shape index (κ3) is 26.8. The van der Waals surface area contributed by atoms with E-state index in [2.05, 4.69) is 6.92 Å². The van der Waals surface area contributed by atoms with Crippen molar-refractivity contribution in [2.45, 2.75) is 135 Å². The molecule has 1 N–H and O–H groups in total. The first-order valence-corrected chi connectivity index (χ1v) is 11.0. The summed E-state index contributed by atoms with van der Waals surface area (Å²) in [4.78, 5) is 10.4. The number of hydrogen-bond donors (Lipinski definition) is 1. The van der Waals surface area contributed by atoms with E-state index < -0.39 is 5.97 Å². The van der Waals surface area contributed by atoms with Gasteiger partial charge in [-0.15, -0.1) is 0 Å². The minimum Gasteiger partial charge on any atom is -1.00 e. The minimum absolute atomic E-state index is 0. The molecule has 0 aromatic heterocycles. The molecular weight excluding hydrogens is 319 g/mol. The van der Waals surface area contributed by atoms with Crippen LogP contribution in [0.4, 0.5) is 0 Å². The molecule has 0 aliphatic rings. The molecule has 146 valence electrons. The quantitative estimate of drug-likeness (QED) is 0.243. The van der Waals surface area contributed by atoms with Gasteiger partial charge in [0.15, 0.2) is 0 Å². The van der Waals surface area contributed by atoms with Crippen LogP contribution < -0.4 is 29.6 Å². The van der Waals surface area contributed by atoms with E-state index in [9.17, 15) is 4.79 Å². The molecule has 0 rings (SSSR count). The van der Waals surface area contributed by atoms with E-state index in [0.717, 1.165) is 12.8 Å². The van der Waals surface area contributed by atoms with Gasteiger partial charge in [-0.05, 0) is 6.42 Å². The average molecular weight is 365 g/mol. The van der Waals surface area contributed by atoms with Crippen molar-refractivity contribution in [2.24, 2.45) is 0 Å². The molecular formula is C22H45NaO2. The Kier molecular flexibility index (Phi) is 27.1. The van der Waals surface area contributed by atoms with Crippen LogP contribution in [0.3, 0.4) is 0 Å². The van der Waals surface area contributed by atoms with Gasteiger partial charge in [0.2, 0.25) is 0 Å². The number of carbonyl (C=O) groups is 1. The van der Waals surface area contributed by atoms with Gasteiger partial charge >= 0.3 is 35.5 Å². The molecule has 0 heterocycles. The predicted molar refractivity (Wildman–Crippen MR) is 107 cm³/mol. The third-order valence-electron chi connectivity index (χ3n) is 4.99. The maximum atomic E-state index is 10.4. The van der Waals surface area contributed by atoms with E-state index in [1.54, 1.807) is 0 Å². The molecule has 0 bridgehead atoms. The van der Waals surface area contributed by atoms with Crippen LogP contribution in [0.1, 0.15) is 137 Å². The number of carboxylic acid groups (broad SMARTS) is 1. The number of aliphatic carboxylic acids is 1. The van der Waals surface area contributed by atoms with E-state index in [0.29, 0.717) is 6.42 Å². The van der Waals surface area contributed by atoms with Crippen LogP contribution in [0.15, 0.2) is 0 Å². The van der Waals surface area contributed by atoms with Gasteiger partial charge in [0.05, 0.1) is 0 Å². The molecule has 0 fully saturated rings. The summed E-state index contributed by atoms with van der Waals surface area (Å²) in [5, 5.41) is 8.56. The fourth-order valence-electron chi connectivity index (χ4n) is 3.35. The smallest absolute Gasteiger partial charge is 1.00 e. The van der Waals surface area contributed by atoms with Gasteiger partial charge in [-0.2, -0.15) is 0 Å². The zero-order valence-corrected chi connectivity index (χ0v) is 19.5. The first-order chi connectivity index (χ1) is 11.8. The normalized spacial score (nSPS) is 10.6. The standard InChI is InChI=1S/C22H44O2.Na.H/c1-2-3-4-5-6-7-8-9-10-11-12-13-14-15-16-17-18-19-20-21-22(23)24;;/h2-21H2,1H3,(H,23,24);;/q;+1;-1. The van der Waals surface area contributed by atoms with Crippen LogP contribution in [0.5, 0.6) is 0 Å². The molecule has 3 heteroatoms. The maximum Gasteiger partial charge on any atom is 1.00 e. The second-order valence-corrected chi connectivity index (χ2v) is 7.51. The molecule has 0 aliphatic heterocycles. The van der Waals surface area contributed by atoms with Crippen LogP contribution in [0, 0.1) is 0 Å². The van der Waals surface area contributed by atoms with Crippen molar-refractivity contribution in [3.63, 3.8) is 0 Å². The van der Waals surface area contributed by atoms with Gasteiger partial charge in [-0.1, -0.05) is 122 Å². The van der Waals surface area contributed by atoms with Gasteiger partial charge < -0.3 is 6.53 Å². The first kappa shape index (κ1) is 27.7. The summed E-state index contributed by atoms with van der Waals surface area (Å²) in [6, 6.07) is 0. The Labute approximate surface area is 181 Å². The van der Waals surface area contributed by atoms with Gasteiger partial charge in [0, 0.05) is 6.42 Å². The van der Waals surface area contributed by atoms with Crippen molar-refractivity contribution in [1.82, 2.24) is 0 Å². The van der Waals surface area contributed by atoms with Gasteiger partial charge in [0.1, 0.15) is 0 Å². The zero-order valence-electron chi connectivity index (χ0n) is 18.5. The Morgan fingerprint density at radius 1 is 0.560 bits per heavy atom. The summed E-state index contributed by atoms with van der Waals surface area (Å²) in [5.41, 5.74) is 0. The zero-order chi connectivity index (χ0) is 17.7. The summed E-state index contributed by atoms with van der Waals surface area (Å²) < 4.78 is 0. The van der Waals surface area contributed by atoms with E-state index in [1.807, 2.05) is 0 Å². The van der Waals surface area contributed by atoms with Crippen LogP contribution in [0.2, 0.25) is 0 Å². The maximum absolute atomic E-state index is 10.4. The van der Waals surface area contributed by atoms with Gasteiger partial charge in [0.25, 0.3) is 0 Å². The predicted octanol–water partition coefficient (Wildman–Crippen LogP) is 5.01. The first-order valence-electron chi connectivity index (χ1n) is 11.0. The van der Waals surface area contributed by atoms with Crippen LogP contribution >= 0.6 is 0 Å². The summed E-state index contributed by atoms with van der Waals surface area (Å²) in [6.07, 6.45) is 26.1. The Bertz CT molecular complexity index is 263. The number of hydrogen-bond acceptors (Lipinski definition) is 1. The Hall–Kier alpha value is 0.470. The fraction of sp³-hybridized carbons (Fsp3) is 0.955. The monoisotopic (exact) mass is 364 g/mol. The van der Waals surface area contributed by atoms with Crippen molar-refractivity contribution < 1.29 is 40.9 Å². The fourth-order valence-corrected chi connectivity index (χ4v) is 3.35. The molecule has 0 amide bonds. The summed E-state index contributed by atoms with van der Waals surface area (Å²) >= 11 is 0. The second-order valence-electron chi connectivity index (χ2n) is 7.51. The van der Waals surface area contributed by atoms with Crippen LogP contribution in [-0.2, 0) is 4.79 Å². The van der Waals surface area contributed by atoms with E-state index in [-0.39, 0.29) is 31.0 Å². The molecule has 0 aliphatic carbocycles. The number of carboxylic acids is 1. The Morgan fingerprint density at radius 3 is 1.04 bits per heavy atom. The topological polar surface area (TPSA) is 37.3 Å². The average Bonchev–Trinajstić information content (AvgIpc) is 2.56. The van der Waals surface area contributed by atoms with Gasteiger partial charge in [-0.3, -0.25) is 4.79 Å². The largest absolute Gasteiger partial charge is 1.00 e. The molecule has 0 atom stereocenters. The molecule has 0 aromatic carbocycles. The molecule has 0 spiro atoms. The van der Waals surface area contributed by atoms with Crippen molar-refractivity contribution in [2.75, 3.05) is 0 Å². The molecule has 0 saturated heterocycles. The second kappa shape index (κ2) is 24.5. The minimum atomic E-state index is -0.651. The molecule has 0 saturated carbocycles. The van der Waals surface area contributed by atoms with E-state index >= 15 is 0 Å². The molecule has 0 aromatic rings. The number of unbranched alkanes of at least 4 members (excludes halogenated alkanes) is 18. The Morgan fingerprint density at radius 2 is 0.800 bits per heavy atom. The van der Waals surface area contributed by atoms with Crippen LogP contribution in [0.25, 0.3) is 0 Å². The SMILES string of the molecule is CCCCCCCCCCCCCCCCCCCCCC(=O)O.[H-].[Na+]. The summed E-state index contributed by atoms with van der Waals surface area (Å²) in [5.74, 6) is -0.651. The van der Waals surface area contributed by atoms with Crippen molar-refractivity contribution in [3.8, 4) is 0 Å². The van der Waals surface area contributed by atoms with Crippen molar-refractivity contribution in [1.29, 1.82) is 0 Å². The van der Waals surface area contributed by atoms with Gasteiger partial charge in [-0.25, -0.2) is 0 Å². The molecule has 25 heavy (non-hydrogen) atoms. The van der Waals surface area contributed by atoms with Crippen LogP contribution in [-0.4, -0.2) is 11.1 Å². The van der Waals surface area contributed by atoms with E-state index in [1.165, 1.54) is 109 Å². The molecule has 2 nitrogen and oxygen atoms in total. The summed E-state index contributed by atoms with van der Waals surface area (Å²) in [6.45, 7) is 2.28. The molecule has 0 unspecified atom stereocenters. The third-order valence-corrected chi connectivity index (χ3v) is 4.99.